The molecule has 48 heavy (non-hydrogen) atoms. The van der Waals surface area contributed by atoms with Crippen LogP contribution in [0.4, 0.5) is 0 Å². The Labute approximate surface area is 276 Å². The molecule has 224 valence electrons. The van der Waals surface area contributed by atoms with Crippen molar-refractivity contribution in [3.8, 4) is 56.4 Å². The smallest absolute Gasteiger partial charge is 0.0979 e. The minimum Gasteiger partial charge on any atom is -0.256 e. The first-order chi connectivity index (χ1) is 23.8. The first-order valence-corrected chi connectivity index (χ1v) is 15.8. The van der Waals surface area contributed by atoms with E-state index >= 15 is 0 Å². The van der Waals surface area contributed by atoms with Gasteiger partial charge in [0.05, 0.1) is 50.7 Å². The lowest BCUT2D eigenvalue weighted by Crippen LogP contribution is -1.94. The zero-order valence-electron chi connectivity index (χ0n) is 25.7. The molecule has 6 heteroatoms. The Morgan fingerprint density at radius 3 is 1.60 bits per heavy atom. The van der Waals surface area contributed by atoms with Crippen LogP contribution in [0.2, 0.25) is 0 Å². The third-order valence-corrected chi connectivity index (χ3v) is 8.63. The molecule has 9 rings (SSSR count). The van der Waals surface area contributed by atoms with E-state index in [0.717, 1.165) is 89.1 Å². The Morgan fingerprint density at radius 2 is 0.938 bits per heavy atom. The normalized spacial score (nSPS) is 11.3. The molecular weight excluding hydrogens is 589 g/mol. The maximum Gasteiger partial charge on any atom is 0.0979 e. The van der Waals surface area contributed by atoms with Crippen molar-refractivity contribution in [2.45, 2.75) is 0 Å². The summed E-state index contributed by atoms with van der Waals surface area (Å²) < 4.78 is 0. The van der Waals surface area contributed by atoms with Gasteiger partial charge >= 0.3 is 0 Å². The number of rotatable bonds is 5. The summed E-state index contributed by atoms with van der Waals surface area (Å²) in [6, 6.07) is 47.1. The SMILES string of the molecule is c1ccc(-c2cc(-c3ccc(-c4ccc5ccc6c(-c7ccccn7)c7ccccc7nc6c5n4)cc3)cc(-c3ccccn3)n2)nc1. The van der Waals surface area contributed by atoms with Gasteiger partial charge in [0.2, 0.25) is 0 Å². The van der Waals surface area contributed by atoms with E-state index in [2.05, 4.69) is 88.8 Å². The number of hydrogen-bond acceptors (Lipinski definition) is 6. The molecule has 6 nitrogen and oxygen atoms in total. The van der Waals surface area contributed by atoms with E-state index in [4.69, 9.17) is 19.9 Å². The summed E-state index contributed by atoms with van der Waals surface area (Å²) in [7, 11) is 0. The van der Waals surface area contributed by atoms with Crippen molar-refractivity contribution in [1.29, 1.82) is 0 Å². The summed E-state index contributed by atoms with van der Waals surface area (Å²) >= 11 is 0. The van der Waals surface area contributed by atoms with Crippen molar-refractivity contribution in [3.05, 3.63) is 158 Å². The molecule has 0 amide bonds. The lowest BCUT2D eigenvalue weighted by molar-refractivity contribution is 1.22. The van der Waals surface area contributed by atoms with Gasteiger partial charge in [-0.15, -0.1) is 0 Å². The molecule has 0 fully saturated rings. The van der Waals surface area contributed by atoms with Crippen LogP contribution in [0, 0.1) is 0 Å². The predicted molar refractivity (Wildman–Crippen MR) is 193 cm³/mol. The van der Waals surface area contributed by atoms with Gasteiger partial charge in [0.1, 0.15) is 0 Å². The minimum atomic E-state index is 0.797. The second-order valence-electron chi connectivity index (χ2n) is 11.6. The van der Waals surface area contributed by atoms with Crippen molar-refractivity contribution in [3.63, 3.8) is 0 Å². The molecule has 0 spiro atoms. The highest BCUT2D eigenvalue weighted by Gasteiger charge is 2.16. The third-order valence-electron chi connectivity index (χ3n) is 8.63. The van der Waals surface area contributed by atoms with Crippen LogP contribution in [0.15, 0.2) is 158 Å². The summed E-state index contributed by atoms with van der Waals surface area (Å²) in [4.78, 5) is 29.1. The molecule has 3 aromatic carbocycles. The Morgan fingerprint density at radius 1 is 0.333 bits per heavy atom. The molecule has 0 saturated carbocycles. The third kappa shape index (κ3) is 4.93. The van der Waals surface area contributed by atoms with Crippen LogP contribution in [0.3, 0.4) is 0 Å². The monoisotopic (exact) mass is 614 g/mol. The van der Waals surface area contributed by atoms with Gasteiger partial charge in [-0.1, -0.05) is 78.9 Å². The first-order valence-electron chi connectivity index (χ1n) is 15.8. The van der Waals surface area contributed by atoms with Crippen LogP contribution in [0.25, 0.3) is 89.1 Å². The molecule has 0 saturated heterocycles. The second kappa shape index (κ2) is 11.6. The van der Waals surface area contributed by atoms with Crippen molar-refractivity contribution < 1.29 is 0 Å². The van der Waals surface area contributed by atoms with E-state index in [9.17, 15) is 0 Å². The number of nitrogens with zero attached hydrogens (tertiary/aromatic N) is 6. The summed E-state index contributed by atoms with van der Waals surface area (Å²) in [6.07, 6.45) is 5.41. The summed E-state index contributed by atoms with van der Waals surface area (Å²) in [5.74, 6) is 0. The molecule has 0 aliphatic heterocycles. The maximum atomic E-state index is 5.22. The molecule has 0 atom stereocenters. The van der Waals surface area contributed by atoms with Gasteiger partial charge in [-0.3, -0.25) is 15.0 Å². The predicted octanol–water partition coefficient (Wildman–Crippen LogP) is 9.85. The van der Waals surface area contributed by atoms with Crippen LogP contribution >= 0.6 is 0 Å². The summed E-state index contributed by atoms with van der Waals surface area (Å²) in [6.45, 7) is 0. The van der Waals surface area contributed by atoms with E-state index in [0.29, 0.717) is 0 Å². The molecule has 0 bridgehead atoms. The number of hydrogen-bond donors (Lipinski definition) is 0. The van der Waals surface area contributed by atoms with Crippen LogP contribution in [-0.2, 0) is 0 Å². The molecule has 6 aromatic heterocycles. The second-order valence-corrected chi connectivity index (χ2v) is 11.6. The van der Waals surface area contributed by atoms with Crippen LogP contribution < -0.4 is 0 Å². The highest BCUT2D eigenvalue weighted by Crippen LogP contribution is 2.37. The van der Waals surface area contributed by atoms with Gasteiger partial charge in [-0.05, 0) is 71.8 Å². The highest BCUT2D eigenvalue weighted by molar-refractivity contribution is 6.15. The van der Waals surface area contributed by atoms with E-state index in [1.165, 1.54) is 0 Å². The lowest BCUT2D eigenvalue weighted by Gasteiger charge is -2.13. The topological polar surface area (TPSA) is 77.3 Å². The van der Waals surface area contributed by atoms with Crippen molar-refractivity contribution >= 4 is 32.7 Å². The number of para-hydroxylation sites is 1. The Bertz CT molecular complexity index is 2530. The maximum absolute atomic E-state index is 5.22. The van der Waals surface area contributed by atoms with Crippen molar-refractivity contribution in [2.75, 3.05) is 0 Å². The number of aromatic nitrogens is 6. The molecular formula is C42H26N6. The summed E-state index contributed by atoms with van der Waals surface area (Å²) in [5, 5.41) is 3.15. The Hall–Kier alpha value is -6.66. The standard InChI is InChI=1S/C42H26N6/c1-2-10-34-31(9-1)40(37-13-5-8-24-45-37)32-20-18-29-19-21-33(47-41(29)42(32)48-34)28-16-14-27(15-17-28)30-25-38(35-11-3-6-22-43-35)46-39(26-30)36-12-4-7-23-44-36/h1-26H. The van der Waals surface area contributed by atoms with E-state index in [1.54, 1.807) is 12.4 Å². The minimum absolute atomic E-state index is 0.797. The summed E-state index contributed by atoms with van der Waals surface area (Å²) in [5.41, 5.74) is 11.9. The zero-order chi connectivity index (χ0) is 31.9. The Balaban J connectivity index is 1.16. The average Bonchev–Trinajstić information content (AvgIpc) is 3.17. The quantitative estimate of drug-likeness (QED) is 0.142. The lowest BCUT2D eigenvalue weighted by atomic mass is 9.97. The van der Waals surface area contributed by atoms with Gasteiger partial charge < -0.3 is 0 Å². The molecule has 9 aromatic rings. The van der Waals surface area contributed by atoms with E-state index < -0.39 is 0 Å². The number of fused-ring (bicyclic) bond motifs is 4. The molecule has 0 radical (unpaired) electrons. The fourth-order valence-corrected chi connectivity index (χ4v) is 6.31. The molecule has 0 unspecified atom stereocenters. The number of benzene rings is 3. The van der Waals surface area contributed by atoms with E-state index in [1.807, 2.05) is 66.9 Å². The fraction of sp³-hybridized carbons (Fsp3) is 0. The first kappa shape index (κ1) is 27.6. The van der Waals surface area contributed by atoms with Gasteiger partial charge in [-0.25, -0.2) is 15.0 Å². The van der Waals surface area contributed by atoms with Crippen molar-refractivity contribution in [2.24, 2.45) is 0 Å². The van der Waals surface area contributed by atoms with E-state index in [-0.39, 0.29) is 0 Å². The van der Waals surface area contributed by atoms with Gasteiger partial charge in [0.15, 0.2) is 0 Å². The fourth-order valence-electron chi connectivity index (χ4n) is 6.31. The average molecular weight is 615 g/mol. The van der Waals surface area contributed by atoms with Gasteiger partial charge in [0, 0.05) is 45.9 Å². The zero-order valence-corrected chi connectivity index (χ0v) is 25.7. The van der Waals surface area contributed by atoms with Crippen LogP contribution in [0.5, 0.6) is 0 Å². The molecule has 0 N–H and O–H groups in total. The van der Waals surface area contributed by atoms with Crippen molar-refractivity contribution in [1.82, 2.24) is 29.9 Å². The molecule has 0 aliphatic rings. The Kier molecular flexibility index (Phi) is 6.68. The van der Waals surface area contributed by atoms with Gasteiger partial charge in [0.25, 0.3) is 0 Å². The molecule has 0 aliphatic carbocycles. The molecule has 6 heterocycles. The highest BCUT2D eigenvalue weighted by atomic mass is 14.8. The van der Waals surface area contributed by atoms with Crippen LogP contribution in [-0.4, -0.2) is 29.9 Å². The number of pyridine rings is 6. The largest absolute Gasteiger partial charge is 0.256 e. The van der Waals surface area contributed by atoms with Crippen LogP contribution in [0.1, 0.15) is 0 Å². The van der Waals surface area contributed by atoms with Gasteiger partial charge in [-0.2, -0.15) is 0 Å².